The van der Waals surface area contributed by atoms with Gasteiger partial charge < -0.3 is 9.47 Å². The monoisotopic (exact) mass is 421 g/mol. The molecule has 1 fully saturated rings. The van der Waals surface area contributed by atoms with Gasteiger partial charge in [-0.1, -0.05) is 30.0 Å². The molecule has 146 valence electrons. The van der Waals surface area contributed by atoms with Crippen LogP contribution in [0.3, 0.4) is 0 Å². The lowest BCUT2D eigenvalue weighted by Gasteiger charge is -2.12. The second-order valence-electron chi connectivity index (χ2n) is 5.86. The van der Waals surface area contributed by atoms with Gasteiger partial charge in [0.05, 0.1) is 12.0 Å². The molecule has 0 saturated carbocycles. The summed E-state index contributed by atoms with van der Waals surface area (Å²) >= 11 is 6.47. The molecule has 1 aliphatic rings. The highest BCUT2D eigenvalue weighted by atomic mass is 32.2. The first kappa shape index (κ1) is 20.3. The largest absolute Gasteiger partial charge is 0.496 e. The van der Waals surface area contributed by atoms with Crippen LogP contribution in [0.4, 0.5) is 8.78 Å². The van der Waals surface area contributed by atoms with Gasteiger partial charge in [0.1, 0.15) is 22.5 Å². The number of hydrogen-bond donors (Lipinski definition) is 0. The molecule has 1 amide bonds. The Morgan fingerprint density at radius 2 is 1.93 bits per heavy atom. The van der Waals surface area contributed by atoms with Gasteiger partial charge in [0.15, 0.2) is 11.6 Å². The quantitative estimate of drug-likeness (QED) is 0.496. The van der Waals surface area contributed by atoms with Gasteiger partial charge >= 0.3 is 0 Å². The lowest BCUT2D eigenvalue weighted by atomic mass is 10.1. The number of likely N-dealkylation sites (N-methyl/N-ethyl adjacent to an activating group) is 1. The fourth-order valence-electron chi connectivity index (χ4n) is 2.67. The number of benzene rings is 2. The number of amides is 1. The molecule has 0 radical (unpaired) electrons. The third kappa shape index (κ3) is 4.34. The highest BCUT2D eigenvalue weighted by Gasteiger charge is 2.30. The van der Waals surface area contributed by atoms with Crippen LogP contribution in [0.5, 0.6) is 11.5 Å². The van der Waals surface area contributed by atoms with E-state index in [4.69, 9.17) is 21.7 Å². The van der Waals surface area contributed by atoms with Crippen molar-refractivity contribution in [2.24, 2.45) is 0 Å². The lowest BCUT2D eigenvalue weighted by molar-refractivity contribution is -0.121. The number of carbonyl (C=O) groups is 1. The summed E-state index contributed by atoms with van der Waals surface area (Å²) in [5.74, 6) is -1.08. The van der Waals surface area contributed by atoms with Crippen molar-refractivity contribution in [3.8, 4) is 11.5 Å². The van der Waals surface area contributed by atoms with Crippen LogP contribution in [0.2, 0.25) is 0 Å². The number of thioether (sulfide) groups is 1. The standard InChI is InChI=1S/C20H17F2NO3S2/c1-3-23-19(24)18(28-20(23)27)9-12-4-6-16(25-2)13(8-12)11-26-17-7-5-14(21)10-15(17)22/h4-10H,3,11H2,1-2H3/b18-9+. The molecule has 3 rings (SSSR count). The summed E-state index contributed by atoms with van der Waals surface area (Å²) in [7, 11) is 1.52. The lowest BCUT2D eigenvalue weighted by Crippen LogP contribution is -2.27. The van der Waals surface area contributed by atoms with Crippen molar-refractivity contribution < 1.29 is 23.0 Å². The number of ether oxygens (including phenoxy) is 2. The number of halogens is 2. The first-order valence-electron chi connectivity index (χ1n) is 8.43. The summed E-state index contributed by atoms with van der Waals surface area (Å²) in [4.78, 5) is 14.4. The molecular weight excluding hydrogens is 404 g/mol. The van der Waals surface area contributed by atoms with E-state index in [1.165, 1.54) is 29.8 Å². The maximum atomic E-state index is 13.8. The van der Waals surface area contributed by atoms with E-state index in [0.717, 1.165) is 17.7 Å². The molecule has 1 aliphatic heterocycles. The van der Waals surface area contributed by atoms with Crippen molar-refractivity contribution >= 4 is 40.3 Å². The van der Waals surface area contributed by atoms with Gasteiger partial charge in [0.2, 0.25) is 0 Å². The molecule has 8 heteroatoms. The van der Waals surface area contributed by atoms with Gasteiger partial charge in [0, 0.05) is 18.2 Å². The van der Waals surface area contributed by atoms with E-state index in [-0.39, 0.29) is 18.3 Å². The normalized spacial score (nSPS) is 15.4. The fraction of sp³-hybridized carbons (Fsp3) is 0.200. The number of nitrogens with zero attached hydrogens (tertiary/aromatic N) is 1. The first-order chi connectivity index (χ1) is 13.4. The van der Waals surface area contributed by atoms with Crippen LogP contribution in [-0.2, 0) is 11.4 Å². The molecular formula is C20H17F2NO3S2. The number of methoxy groups -OCH3 is 1. The van der Waals surface area contributed by atoms with Crippen LogP contribution in [0, 0.1) is 11.6 Å². The van der Waals surface area contributed by atoms with Crippen molar-refractivity contribution in [1.29, 1.82) is 0 Å². The number of hydrogen-bond acceptors (Lipinski definition) is 5. The number of rotatable bonds is 6. The molecule has 1 saturated heterocycles. The van der Waals surface area contributed by atoms with Crippen LogP contribution in [0.25, 0.3) is 6.08 Å². The third-order valence-electron chi connectivity index (χ3n) is 4.07. The molecule has 0 aliphatic carbocycles. The highest BCUT2D eigenvalue weighted by Crippen LogP contribution is 2.33. The van der Waals surface area contributed by atoms with Gasteiger partial charge in [-0.2, -0.15) is 0 Å². The Labute approximate surface area is 171 Å². The average molecular weight is 421 g/mol. The van der Waals surface area contributed by atoms with Crippen molar-refractivity contribution in [3.05, 3.63) is 64.1 Å². The van der Waals surface area contributed by atoms with E-state index >= 15 is 0 Å². The highest BCUT2D eigenvalue weighted by molar-refractivity contribution is 8.26. The van der Waals surface area contributed by atoms with Gasteiger partial charge in [0.25, 0.3) is 5.91 Å². The van der Waals surface area contributed by atoms with E-state index in [2.05, 4.69) is 0 Å². The van der Waals surface area contributed by atoms with E-state index in [0.29, 0.717) is 27.1 Å². The van der Waals surface area contributed by atoms with Gasteiger partial charge in [-0.15, -0.1) is 0 Å². The average Bonchev–Trinajstić information content (AvgIpc) is 2.93. The third-order valence-corrected chi connectivity index (χ3v) is 5.45. The van der Waals surface area contributed by atoms with Crippen molar-refractivity contribution in [2.45, 2.75) is 13.5 Å². The molecule has 2 aromatic carbocycles. The second-order valence-corrected chi connectivity index (χ2v) is 7.54. The Balaban J connectivity index is 1.83. The summed E-state index contributed by atoms with van der Waals surface area (Å²) in [6, 6.07) is 8.46. The van der Waals surface area contributed by atoms with Gasteiger partial charge in [-0.05, 0) is 42.8 Å². The van der Waals surface area contributed by atoms with E-state index in [1.54, 1.807) is 24.3 Å². The molecule has 0 aromatic heterocycles. The maximum Gasteiger partial charge on any atom is 0.266 e. The molecule has 28 heavy (non-hydrogen) atoms. The van der Waals surface area contributed by atoms with Crippen LogP contribution < -0.4 is 9.47 Å². The molecule has 0 N–H and O–H groups in total. The zero-order valence-electron chi connectivity index (χ0n) is 15.2. The minimum Gasteiger partial charge on any atom is -0.496 e. The minimum atomic E-state index is -0.779. The predicted molar refractivity (Wildman–Crippen MR) is 109 cm³/mol. The predicted octanol–water partition coefficient (Wildman–Crippen LogP) is 4.77. The SMILES string of the molecule is CCN1C(=O)/C(=C\c2ccc(OC)c(COc3ccc(F)cc3F)c2)SC1=S. The number of carbonyl (C=O) groups excluding carboxylic acids is 1. The topological polar surface area (TPSA) is 38.8 Å². The molecule has 1 heterocycles. The van der Waals surface area contributed by atoms with Crippen LogP contribution in [-0.4, -0.2) is 28.8 Å². The van der Waals surface area contributed by atoms with Crippen LogP contribution in [0.1, 0.15) is 18.1 Å². The molecule has 0 spiro atoms. The summed E-state index contributed by atoms with van der Waals surface area (Å²) in [6.07, 6.45) is 1.75. The Morgan fingerprint density at radius 3 is 2.57 bits per heavy atom. The molecule has 0 bridgehead atoms. The van der Waals surface area contributed by atoms with Crippen molar-refractivity contribution in [1.82, 2.24) is 4.90 Å². The van der Waals surface area contributed by atoms with Crippen LogP contribution >= 0.6 is 24.0 Å². The number of thiocarbonyl (C=S) groups is 1. The van der Waals surface area contributed by atoms with Crippen molar-refractivity contribution in [2.75, 3.05) is 13.7 Å². The van der Waals surface area contributed by atoms with E-state index in [9.17, 15) is 13.6 Å². The summed E-state index contributed by atoms with van der Waals surface area (Å²) in [5, 5.41) is 0. The van der Waals surface area contributed by atoms with E-state index < -0.39 is 11.6 Å². The Bertz CT molecular complexity index is 962. The minimum absolute atomic E-state index is 0.0172. The summed E-state index contributed by atoms with van der Waals surface area (Å²) < 4.78 is 38.1. The molecule has 2 aromatic rings. The van der Waals surface area contributed by atoms with E-state index in [1.807, 2.05) is 6.92 Å². The zero-order valence-corrected chi connectivity index (χ0v) is 16.8. The molecule has 4 nitrogen and oxygen atoms in total. The summed E-state index contributed by atoms with van der Waals surface area (Å²) in [5.41, 5.74) is 1.42. The molecule has 0 unspecified atom stereocenters. The Kier molecular flexibility index (Phi) is 6.31. The first-order valence-corrected chi connectivity index (χ1v) is 9.65. The molecule has 0 atom stereocenters. The Morgan fingerprint density at radius 1 is 1.18 bits per heavy atom. The second kappa shape index (κ2) is 8.70. The van der Waals surface area contributed by atoms with Gasteiger partial charge in [-0.3, -0.25) is 9.69 Å². The Hall–Kier alpha value is -2.45. The maximum absolute atomic E-state index is 13.8. The zero-order chi connectivity index (χ0) is 20.3. The summed E-state index contributed by atoms with van der Waals surface area (Å²) in [6.45, 7) is 2.40. The van der Waals surface area contributed by atoms with Crippen molar-refractivity contribution in [3.63, 3.8) is 0 Å². The smallest absolute Gasteiger partial charge is 0.266 e. The van der Waals surface area contributed by atoms with Gasteiger partial charge in [-0.25, -0.2) is 8.78 Å². The van der Waals surface area contributed by atoms with Crippen LogP contribution in [0.15, 0.2) is 41.3 Å². The fourth-order valence-corrected chi connectivity index (χ4v) is 4.06.